The number of nitrogens with one attached hydrogen (secondary N) is 1. The average molecular weight is 255 g/mol. The normalized spacial score (nSPS) is 11.8. The van der Waals surface area contributed by atoms with Crippen molar-refractivity contribution >= 4 is 0 Å². The predicted molar refractivity (Wildman–Crippen MR) is 61.3 cm³/mol. The lowest BCUT2D eigenvalue weighted by atomic mass is 10.2. The largest absolute Gasteiger partial charge is 0.435 e. The number of hydrogen-bond acceptors (Lipinski definition) is 2. The third-order valence-electron chi connectivity index (χ3n) is 2.44. The summed E-state index contributed by atoms with van der Waals surface area (Å²) in [7, 11) is 1.81. The molecule has 6 heteroatoms. The van der Waals surface area contributed by atoms with Gasteiger partial charge in [0.05, 0.1) is 5.69 Å². The fourth-order valence-electron chi connectivity index (χ4n) is 1.63. The van der Waals surface area contributed by atoms with Gasteiger partial charge in [0.25, 0.3) is 0 Å². The van der Waals surface area contributed by atoms with Crippen LogP contribution in [0.25, 0.3) is 5.69 Å². The van der Waals surface area contributed by atoms with E-state index in [1.165, 1.54) is 10.9 Å². The molecule has 0 aliphatic carbocycles. The fourth-order valence-corrected chi connectivity index (χ4v) is 1.63. The zero-order valence-corrected chi connectivity index (χ0v) is 9.70. The number of alkyl halides is 3. The van der Waals surface area contributed by atoms with Crippen molar-refractivity contribution in [1.29, 1.82) is 0 Å². The summed E-state index contributed by atoms with van der Waals surface area (Å²) in [6.45, 7) is 0.654. The summed E-state index contributed by atoms with van der Waals surface area (Å²) in [6.07, 6.45) is -3.10. The lowest BCUT2D eigenvalue weighted by Gasteiger charge is -2.05. The Kier molecular flexibility index (Phi) is 3.38. The van der Waals surface area contributed by atoms with Gasteiger partial charge in [0.2, 0.25) is 0 Å². The number of benzene rings is 1. The Morgan fingerprint density at radius 2 is 2.06 bits per heavy atom. The molecule has 1 aromatic heterocycles. The number of rotatable bonds is 3. The van der Waals surface area contributed by atoms with Crippen LogP contribution >= 0.6 is 0 Å². The van der Waals surface area contributed by atoms with Gasteiger partial charge in [0, 0.05) is 12.7 Å². The Hall–Kier alpha value is -1.82. The van der Waals surface area contributed by atoms with Gasteiger partial charge in [-0.05, 0) is 30.8 Å². The molecule has 1 heterocycles. The van der Waals surface area contributed by atoms with Crippen molar-refractivity contribution in [3.8, 4) is 5.69 Å². The molecule has 0 aliphatic heterocycles. The number of halogens is 3. The quantitative estimate of drug-likeness (QED) is 0.913. The van der Waals surface area contributed by atoms with E-state index in [9.17, 15) is 13.2 Å². The molecular formula is C12H12F3N3. The molecule has 0 spiro atoms. The molecule has 96 valence electrons. The van der Waals surface area contributed by atoms with Gasteiger partial charge in [-0.1, -0.05) is 12.1 Å². The molecule has 0 aliphatic rings. The van der Waals surface area contributed by atoms with Gasteiger partial charge in [-0.15, -0.1) is 0 Å². The fraction of sp³-hybridized carbons (Fsp3) is 0.250. The zero-order valence-electron chi connectivity index (χ0n) is 9.70. The molecule has 0 saturated heterocycles. The van der Waals surface area contributed by atoms with E-state index in [2.05, 4.69) is 10.4 Å². The summed E-state index contributed by atoms with van der Waals surface area (Å²) in [5.74, 6) is 0. The molecule has 0 bridgehead atoms. The highest BCUT2D eigenvalue weighted by Crippen LogP contribution is 2.27. The predicted octanol–water partition coefficient (Wildman–Crippen LogP) is 2.61. The Bertz CT molecular complexity index is 531. The summed E-state index contributed by atoms with van der Waals surface area (Å²) in [6, 6.07) is 8.16. The van der Waals surface area contributed by atoms with E-state index in [0.29, 0.717) is 12.2 Å². The van der Waals surface area contributed by atoms with Crippen LogP contribution in [0.15, 0.2) is 36.5 Å². The van der Waals surface area contributed by atoms with Crippen molar-refractivity contribution in [3.63, 3.8) is 0 Å². The first kappa shape index (κ1) is 12.6. The molecule has 2 aromatic rings. The number of nitrogens with zero attached hydrogens (tertiary/aromatic N) is 2. The van der Waals surface area contributed by atoms with Gasteiger partial charge < -0.3 is 5.32 Å². The van der Waals surface area contributed by atoms with E-state index in [0.717, 1.165) is 11.6 Å². The minimum atomic E-state index is -4.41. The second-order valence-corrected chi connectivity index (χ2v) is 3.84. The monoisotopic (exact) mass is 255 g/mol. The average Bonchev–Trinajstić information content (AvgIpc) is 2.78. The van der Waals surface area contributed by atoms with Crippen LogP contribution in [0.3, 0.4) is 0 Å². The second kappa shape index (κ2) is 4.81. The summed E-state index contributed by atoms with van der Waals surface area (Å²) < 4.78 is 38.5. The van der Waals surface area contributed by atoms with Crippen molar-refractivity contribution in [2.45, 2.75) is 12.7 Å². The first-order valence-electron chi connectivity index (χ1n) is 5.37. The van der Waals surface area contributed by atoms with Crippen LogP contribution in [0.1, 0.15) is 11.3 Å². The van der Waals surface area contributed by atoms with Crippen molar-refractivity contribution in [3.05, 3.63) is 47.8 Å². The van der Waals surface area contributed by atoms with Crippen LogP contribution < -0.4 is 5.32 Å². The molecule has 0 unspecified atom stereocenters. The summed E-state index contributed by atoms with van der Waals surface area (Å²) in [5.41, 5.74) is 0.707. The minimum Gasteiger partial charge on any atom is -0.316 e. The Labute approximate surface area is 102 Å². The maximum absolute atomic E-state index is 12.4. The van der Waals surface area contributed by atoms with Crippen molar-refractivity contribution in [2.75, 3.05) is 7.05 Å². The molecule has 18 heavy (non-hydrogen) atoms. The van der Waals surface area contributed by atoms with Gasteiger partial charge in [0.1, 0.15) is 0 Å². The van der Waals surface area contributed by atoms with Gasteiger partial charge in [-0.2, -0.15) is 18.3 Å². The maximum Gasteiger partial charge on any atom is 0.435 e. The summed E-state index contributed by atoms with van der Waals surface area (Å²) in [4.78, 5) is 0. The number of hydrogen-bond donors (Lipinski definition) is 1. The van der Waals surface area contributed by atoms with E-state index in [1.54, 1.807) is 18.2 Å². The highest BCUT2D eigenvalue weighted by molar-refractivity contribution is 5.35. The standard InChI is InChI=1S/C12H12F3N3/c1-16-8-9-3-2-4-10(7-9)18-6-5-11(17-18)12(13,14)15/h2-7,16H,8H2,1H3. The summed E-state index contributed by atoms with van der Waals surface area (Å²) in [5, 5.41) is 6.51. The second-order valence-electron chi connectivity index (χ2n) is 3.84. The SMILES string of the molecule is CNCc1cccc(-n2ccc(C(F)(F)F)n2)c1. The van der Waals surface area contributed by atoms with E-state index in [-0.39, 0.29) is 0 Å². The van der Waals surface area contributed by atoms with Crippen LogP contribution in [0.5, 0.6) is 0 Å². The van der Waals surface area contributed by atoms with Crippen LogP contribution in [0.2, 0.25) is 0 Å². The molecule has 0 amide bonds. The van der Waals surface area contributed by atoms with E-state index in [4.69, 9.17) is 0 Å². The highest BCUT2D eigenvalue weighted by Gasteiger charge is 2.33. The molecule has 0 atom stereocenters. The van der Waals surface area contributed by atoms with E-state index < -0.39 is 11.9 Å². The lowest BCUT2D eigenvalue weighted by Crippen LogP contribution is -2.08. The van der Waals surface area contributed by atoms with Gasteiger partial charge in [0.15, 0.2) is 5.69 Å². The molecule has 0 fully saturated rings. The Morgan fingerprint density at radius 3 is 2.67 bits per heavy atom. The van der Waals surface area contributed by atoms with Crippen molar-refractivity contribution in [2.24, 2.45) is 0 Å². The molecule has 0 saturated carbocycles. The first-order valence-corrected chi connectivity index (χ1v) is 5.37. The Morgan fingerprint density at radius 1 is 1.28 bits per heavy atom. The number of aromatic nitrogens is 2. The molecule has 1 N–H and O–H groups in total. The smallest absolute Gasteiger partial charge is 0.316 e. The van der Waals surface area contributed by atoms with Crippen molar-refractivity contribution in [1.82, 2.24) is 15.1 Å². The third-order valence-corrected chi connectivity index (χ3v) is 2.44. The van der Waals surface area contributed by atoms with E-state index >= 15 is 0 Å². The van der Waals surface area contributed by atoms with Crippen LogP contribution in [-0.2, 0) is 12.7 Å². The van der Waals surface area contributed by atoms with Gasteiger partial charge in [-0.25, -0.2) is 4.68 Å². The Balaban J connectivity index is 2.31. The summed E-state index contributed by atoms with van der Waals surface area (Å²) >= 11 is 0. The molecule has 1 aromatic carbocycles. The van der Waals surface area contributed by atoms with Gasteiger partial charge >= 0.3 is 6.18 Å². The molecule has 3 nitrogen and oxygen atoms in total. The van der Waals surface area contributed by atoms with Crippen LogP contribution in [-0.4, -0.2) is 16.8 Å². The van der Waals surface area contributed by atoms with Crippen LogP contribution in [0, 0.1) is 0 Å². The highest BCUT2D eigenvalue weighted by atomic mass is 19.4. The third kappa shape index (κ3) is 2.70. The molecular weight excluding hydrogens is 243 g/mol. The van der Waals surface area contributed by atoms with E-state index in [1.807, 2.05) is 13.1 Å². The molecule has 0 radical (unpaired) electrons. The minimum absolute atomic E-state index is 0.609. The van der Waals surface area contributed by atoms with Gasteiger partial charge in [-0.3, -0.25) is 0 Å². The van der Waals surface area contributed by atoms with Crippen molar-refractivity contribution < 1.29 is 13.2 Å². The van der Waals surface area contributed by atoms with Crippen LogP contribution in [0.4, 0.5) is 13.2 Å². The first-order chi connectivity index (χ1) is 8.50. The maximum atomic E-state index is 12.4. The molecule has 2 rings (SSSR count). The topological polar surface area (TPSA) is 29.9 Å². The zero-order chi connectivity index (χ0) is 13.2. The lowest BCUT2D eigenvalue weighted by molar-refractivity contribution is -0.141.